The predicted octanol–water partition coefficient (Wildman–Crippen LogP) is 1.89. The molecule has 1 amide bonds. The number of hydrogen-bond acceptors (Lipinski definition) is 3. The number of H-pyrrole nitrogens is 2. The minimum Gasteiger partial charge on any atom is -0.335 e. The maximum atomic E-state index is 14.0. The fourth-order valence-corrected chi connectivity index (χ4v) is 3.54. The van der Waals surface area contributed by atoms with Crippen molar-refractivity contribution in [3.05, 3.63) is 56.4 Å². The summed E-state index contributed by atoms with van der Waals surface area (Å²) in [6.07, 6.45) is 4.17. The average Bonchev–Trinajstić information content (AvgIpc) is 3.26. The highest BCUT2D eigenvalue weighted by Crippen LogP contribution is 2.26. The number of amides is 1. The second kappa shape index (κ2) is 8.32. The molecule has 1 aromatic heterocycles. The zero-order valence-corrected chi connectivity index (χ0v) is 14.8. The van der Waals surface area contributed by atoms with E-state index in [0.29, 0.717) is 6.42 Å². The third kappa shape index (κ3) is 4.53. The summed E-state index contributed by atoms with van der Waals surface area (Å²) in [7, 11) is 0. The van der Waals surface area contributed by atoms with Crippen molar-refractivity contribution < 1.29 is 13.6 Å². The third-order valence-electron chi connectivity index (χ3n) is 4.98. The predicted molar refractivity (Wildman–Crippen MR) is 94.1 cm³/mol. The van der Waals surface area contributed by atoms with Crippen LogP contribution in [0, 0.1) is 11.6 Å². The highest BCUT2D eigenvalue weighted by molar-refractivity contribution is 5.76. The molecule has 1 saturated carbocycles. The molecule has 1 fully saturated rings. The monoisotopic (exact) mass is 380 g/mol. The molecule has 0 spiro atoms. The standard InChI is InChI=1S/C18H22F2N4O3/c19-13-8-7-12(15(20)10-13)11-24(14-4-1-2-5-14)16(25)6-3-9-23-17(26)21-22-18(23)27/h7-8,10,14H,1-6,9,11H2,(H,21,26)(H,22,27). The van der Waals surface area contributed by atoms with Crippen molar-refractivity contribution >= 4 is 5.91 Å². The Balaban J connectivity index is 1.67. The quantitative estimate of drug-likeness (QED) is 0.769. The largest absolute Gasteiger partial charge is 0.344 e. The summed E-state index contributed by atoms with van der Waals surface area (Å²) < 4.78 is 28.2. The Kier molecular flexibility index (Phi) is 5.88. The first-order valence-electron chi connectivity index (χ1n) is 9.06. The van der Waals surface area contributed by atoms with E-state index in [9.17, 15) is 23.2 Å². The topological polar surface area (TPSA) is 91.0 Å². The van der Waals surface area contributed by atoms with Gasteiger partial charge in [-0.2, -0.15) is 0 Å². The maximum absolute atomic E-state index is 14.0. The van der Waals surface area contributed by atoms with Gasteiger partial charge in [0.25, 0.3) is 0 Å². The molecular weight excluding hydrogens is 358 g/mol. The van der Waals surface area contributed by atoms with Crippen LogP contribution in [-0.4, -0.2) is 31.6 Å². The van der Waals surface area contributed by atoms with E-state index in [1.54, 1.807) is 4.90 Å². The van der Waals surface area contributed by atoms with Crippen LogP contribution in [0.25, 0.3) is 0 Å². The SMILES string of the molecule is O=C(CCCn1c(=O)[nH][nH]c1=O)N(Cc1ccc(F)cc1F)C1CCCC1. The average molecular weight is 380 g/mol. The lowest BCUT2D eigenvalue weighted by Gasteiger charge is -2.29. The molecule has 3 rings (SSSR count). The minimum absolute atomic E-state index is 0.0281. The van der Waals surface area contributed by atoms with Gasteiger partial charge in [0.1, 0.15) is 11.6 Å². The van der Waals surface area contributed by atoms with E-state index in [4.69, 9.17) is 0 Å². The van der Waals surface area contributed by atoms with Gasteiger partial charge < -0.3 is 4.90 Å². The molecule has 1 aliphatic carbocycles. The molecule has 1 aromatic carbocycles. The number of aromatic amines is 2. The zero-order chi connectivity index (χ0) is 19.4. The van der Waals surface area contributed by atoms with Crippen molar-refractivity contribution in [2.75, 3.05) is 0 Å². The van der Waals surface area contributed by atoms with E-state index in [0.717, 1.165) is 36.3 Å². The van der Waals surface area contributed by atoms with E-state index in [-0.39, 0.29) is 37.0 Å². The van der Waals surface area contributed by atoms with Gasteiger partial charge in [0.15, 0.2) is 0 Å². The second-order valence-corrected chi connectivity index (χ2v) is 6.81. The van der Waals surface area contributed by atoms with Gasteiger partial charge in [-0.3, -0.25) is 4.79 Å². The van der Waals surface area contributed by atoms with Crippen LogP contribution in [0.15, 0.2) is 27.8 Å². The van der Waals surface area contributed by atoms with Crippen molar-refractivity contribution in [1.29, 1.82) is 0 Å². The van der Waals surface area contributed by atoms with Gasteiger partial charge in [-0.1, -0.05) is 18.9 Å². The van der Waals surface area contributed by atoms with E-state index in [1.165, 1.54) is 12.1 Å². The Hall–Kier alpha value is -2.71. The number of nitrogens with one attached hydrogen (secondary N) is 2. The Labute approximate surface area is 154 Å². The van der Waals surface area contributed by atoms with Gasteiger partial charge in [0, 0.05) is 37.2 Å². The van der Waals surface area contributed by atoms with Crippen LogP contribution in [0.1, 0.15) is 44.1 Å². The molecule has 0 radical (unpaired) electrons. The molecule has 0 aliphatic heterocycles. The van der Waals surface area contributed by atoms with Crippen LogP contribution < -0.4 is 11.4 Å². The summed E-state index contributed by atoms with van der Waals surface area (Å²) >= 11 is 0. The summed E-state index contributed by atoms with van der Waals surface area (Å²) in [5.74, 6) is -1.49. The Bertz CT molecular complexity index is 884. The number of hydrogen-bond donors (Lipinski definition) is 2. The Morgan fingerprint density at radius 2 is 1.81 bits per heavy atom. The summed E-state index contributed by atoms with van der Waals surface area (Å²) in [6.45, 7) is 0.202. The van der Waals surface area contributed by atoms with Crippen molar-refractivity contribution in [2.24, 2.45) is 0 Å². The van der Waals surface area contributed by atoms with Crippen molar-refractivity contribution in [2.45, 2.75) is 57.7 Å². The molecule has 0 bridgehead atoms. The fourth-order valence-electron chi connectivity index (χ4n) is 3.54. The van der Waals surface area contributed by atoms with E-state index in [1.807, 2.05) is 0 Å². The van der Waals surface area contributed by atoms with Crippen molar-refractivity contribution in [3.8, 4) is 0 Å². The number of halogens is 2. The molecule has 146 valence electrons. The molecule has 1 heterocycles. The van der Waals surface area contributed by atoms with Gasteiger partial charge in [0.2, 0.25) is 5.91 Å². The van der Waals surface area contributed by atoms with Crippen molar-refractivity contribution in [1.82, 2.24) is 19.7 Å². The smallest absolute Gasteiger partial charge is 0.335 e. The summed E-state index contributed by atoms with van der Waals surface area (Å²) in [5.41, 5.74) is -0.822. The maximum Gasteiger partial charge on any atom is 0.344 e. The van der Waals surface area contributed by atoms with Crippen LogP contribution >= 0.6 is 0 Å². The number of rotatable bonds is 7. The molecule has 27 heavy (non-hydrogen) atoms. The van der Waals surface area contributed by atoms with Gasteiger partial charge >= 0.3 is 11.4 Å². The number of benzene rings is 1. The summed E-state index contributed by atoms with van der Waals surface area (Å²) in [6, 6.07) is 3.39. The highest BCUT2D eigenvalue weighted by atomic mass is 19.1. The van der Waals surface area contributed by atoms with Gasteiger partial charge in [-0.15, -0.1) is 0 Å². The number of carbonyl (C=O) groups excluding carboxylic acids is 1. The van der Waals surface area contributed by atoms with Crippen LogP contribution in [0.3, 0.4) is 0 Å². The number of nitrogens with zero attached hydrogens (tertiary/aromatic N) is 2. The first-order valence-corrected chi connectivity index (χ1v) is 9.06. The zero-order valence-electron chi connectivity index (χ0n) is 14.8. The van der Waals surface area contributed by atoms with Crippen LogP contribution in [0.5, 0.6) is 0 Å². The van der Waals surface area contributed by atoms with Crippen molar-refractivity contribution in [3.63, 3.8) is 0 Å². The van der Waals surface area contributed by atoms with Gasteiger partial charge in [-0.25, -0.2) is 33.1 Å². The highest BCUT2D eigenvalue weighted by Gasteiger charge is 2.27. The first kappa shape index (κ1) is 19.1. The molecule has 7 nitrogen and oxygen atoms in total. The molecule has 2 N–H and O–H groups in total. The molecule has 0 saturated heterocycles. The van der Waals surface area contributed by atoms with Gasteiger partial charge in [-0.05, 0) is 25.3 Å². The van der Waals surface area contributed by atoms with E-state index >= 15 is 0 Å². The summed E-state index contributed by atoms with van der Waals surface area (Å²) in [4.78, 5) is 37.4. The first-order chi connectivity index (χ1) is 13.0. The van der Waals surface area contributed by atoms with E-state index in [2.05, 4.69) is 10.2 Å². The Morgan fingerprint density at radius 1 is 1.15 bits per heavy atom. The molecular formula is C18H22F2N4O3. The number of carbonyl (C=O) groups is 1. The third-order valence-corrected chi connectivity index (χ3v) is 4.98. The fraction of sp³-hybridized carbons (Fsp3) is 0.500. The number of aromatic nitrogens is 3. The molecule has 1 aliphatic rings. The molecule has 2 aromatic rings. The molecule has 0 atom stereocenters. The lowest BCUT2D eigenvalue weighted by Crippen LogP contribution is -2.38. The van der Waals surface area contributed by atoms with Crippen LogP contribution in [0.4, 0.5) is 8.78 Å². The van der Waals surface area contributed by atoms with E-state index < -0.39 is 23.0 Å². The lowest BCUT2D eigenvalue weighted by atomic mass is 10.1. The van der Waals surface area contributed by atoms with Crippen LogP contribution in [-0.2, 0) is 17.9 Å². The van der Waals surface area contributed by atoms with Gasteiger partial charge in [0.05, 0.1) is 0 Å². The molecule has 9 heteroatoms. The lowest BCUT2D eigenvalue weighted by molar-refractivity contribution is -0.134. The molecule has 0 unspecified atom stereocenters. The second-order valence-electron chi connectivity index (χ2n) is 6.81. The van der Waals surface area contributed by atoms with Crippen LogP contribution in [0.2, 0.25) is 0 Å². The minimum atomic E-state index is -0.670. The Morgan fingerprint density at radius 3 is 2.44 bits per heavy atom. The normalized spacial score (nSPS) is 14.6. The summed E-state index contributed by atoms with van der Waals surface area (Å²) in [5, 5.41) is 4.38.